The predicted molar refractivity (Wildman–Crippen MR) is 114 cm³/mol. The Kier molecular flexibility index (Phi) is 5.83. The Labute approximate surface area is 178 Å². The molecule has 0 bridgehead atoms. The highest BCUT2D eigenvalue weighted by Gasteiger charge is 2.43. The van der Waals surface area contributed by atoms with Crippen LogP contribution in [0.3, 0.4) is 0 Å². The third-order valence-corrected chi connectivity index (χ3v) is 8.33. The van der Waals surface area contributed by atoms with Crippen molar-refractivity contribution >= 4 is 26.8 Å². The van der Waals surface area contributed by atoms with Crippen LogP contribution in [0.1, 0.15) is 32.1 Å². The maximum Gasteiger partial charge on any atom is 0.245 e. The summed E-state index contributed by atoms with van der Waals surface area (Å²) >= 11 is 0. The zero-order valence-corrected chi connectivity index (χ0v) is 18.4. The number of ether oxygens (including phenoxy) is 1. The van der Waals surface area contributed by atoms with Crippen LogP contribution in [-0.4, -0.2) is 67.9 Å². The lowest BCUT2D eigenvalue weighted by Gasteiger charge is -2.45. The number of pyridine rings is 1. The lowest BCUT2D eigenvalue weighted by Crippen LogP contribution is -2.51. The van der Waals surface area contributed by atoms with E-state index >= 15 is 0 Å². The van der Waals surface area contributed by atoms with Crippen LogP contribution in [0, 0.1) is 5.92 Å². The number of rotatable bonds is 4. The highest BCUT2D eigenvalue weighted by molar-refractivity contribution is 7.89. The molecule has 1 spiro atoms. The molecule has 1 aromatic heterocycles. The Morgan fingerprint density at radius 3 is 2.70 bits per heavy atom. The fraction of sp³-hybridized carbons (Fsp3) is 0.545. The molecule has 0 N–H and O–H groups in total. The molecule has 7 nitrogen and oxygen atoms in total. The Morgan fingerprint density at radius 2 is 1.97 bits per heavy atom. The summed E-state index contributed by atoms with van der Waals surface area (Å²) in [6, 6.07) is 8.95. The monoisotopic (exact) mass is 431 g/mol. The molecule has 3 heterocycles. The largest absolute Gasteiger partial charge is 0.375 e. The molecule has 30 heavy (non-hydrogen) atoms. The molecule has 0 saturated carbocycles. The molecule has 2 saturated heterocycles. The van der Waals surface area contributed by atoms with Gasteiger partial charge < -0.3 is 9.64 Å². The van der Waals surface area contributed by atoms with Gasteiger partial charge in [0.05, 0.1) is 11.1 Å². The molecule has 1 amide bonds. The number of hydrogen-bond donors (Lipinski definition) is 0. The smallest absolute Gasteiger partial charge is 0.245 e. The van der Waals surface area contributed by atoms with Gasteiger partial charge in [0.1, 0.15) is 4.90 Å². The van der Waals surface area contributed by atoms with Gasteiger partial charge in [0.2, 0.25) is 15.9 Å². The first-order chi connectivity index (χ1) is 14.3. The van der Waals surface area contributed by atoms with E-state index in [0.717, 1.165) is 18.2 Å². The van der Waals surface area contributed by atoms with Crippen LogP contribution < -0.4 is 0 Å². The number of aromatic nitrogens is 1. The first-order valence-electron chi connectivity index (χ1n) is 10.5. The molecule has 1 atom stereocenters. The minimum atomic E-state index is -3.63. The van der Waals surface area contributed by atoms with Crippen molar-refractivity contribution in [3.63, 3.8) is 0 Å². The molecule has 162 valence electrons. The summed E-state index contributed by atoms with van der Waals surface area (Å²) in [5.74, 6) is 0.430. The second kappa shape index (κ2) is 8.24. The first kappa shape index (κ1) is 21.2. The van der Waals surface area contributed by atoms with Gasteiger partial charge in [0.25, 0.3) is 0 Å². The Morgan fingerprint density at radius 1 is 1.23 bits per heavy atom. The van der Waals surface area contributed by atoms with Crippen LogP contribution in [0.2, 0.25) is 0 Å². The Balaban J connectivity index is 1.48. The third-order valence-electron chi connectivity index (χ3n) is 6.40. The standard InChI is InChI=1S/C22H29N3O4S/c1-24(2)20(26)15-17-8-14-29-22(16-17)9-12-25(13-10-22)30(27,28)19-7-3-5-18-6-4-11-23-21(18)19/h3-7,11,17H,8-10,12-16H2,1-2H3. The number of para-hydroxylation sites is 1. The van der Waals surface area contributed by atoms with E-state index < -0.39 is 10.0 Å². The highest BCUT2D eigenvalue weighted by atomic mass is 32.2. The molecule has 2 fully saturated rings. The molecule has 2 aromatic rings. The zero-order valence-electron chi connectivity index (χ0n) is 17.6. The summed E-state index contributed by atoms with van der Waals surface area (Å²) in [7, 11) is -0.0719. The molecular formula is C22H29N3O4S. The average Bonchev–Trinajstić information content (AvgIpc) is 2.73. The third kappa shape index (κ3) is 4.08. The van der Waals surface area contributed by atoms with Gasteiger partial charge in [-0.1, -0.05) is 18.2 Å². The van der Waals surface area contributed by atoms with Crippen molar-refractivity contribution in [2.45, 2.75) is 42.6 Å². The van der Waals surface area contributed by atoms with E-state index in [0.29, 0.717) is 50.4 Å². The fourth-order valence-corrected chi connectivity index (χ4v) is 6.25. The summed E-state index contributed by atoms with van der Waals surface area (Å²) < 4.78 is 34.4. The number of benzene rings is 1. The van der Waals surface area contributed by atoms with E-state index in [2.05, 4.69) is 4.98 Å². The van der Waals surface area contributed by atoms with Crippen molar-refractivity contribution in [2.24, 2.45) is 5.92 Å². The van der Waals surface area contributed by atoms with E-state index in [1.165, 1.54) is 0 Å². The van der Waals surface area contributed by atoms with Gasteiger partial charge in [-0.2, -0.15) is 4.31 Å². The maximum absolute atomic E-state index is 13.4. The van der Waals surface area contributed by atoms with Crippen LogP contribution in [0.5, 0.6) is 0 Å². The van der Waals surface area contributed by atoms with Crippen molar-refractivity contribution in [2.75, 3.05) is 33.8 Å². The quantitative estimate of drug-likeness (QED) is 0.744. The summed E-state index contributed by atoms with van der Waals surface area (Å²) in [6.45, 7) is 1.46. The van der Waals surface area contributed by atoms with Crippen LogP contribution in [0.25, 0.3) is 10.9 Å². The molecule has 0 radical (unpaired) electrons. The lowest BCUT2D eigenvalue weighted by atomic mass is 9.78. The molecule has 1 aromatic carbocycles. The van der Waals surface area contributed by atoms with Gasteiger partial charge >= 0.3 is 0 Å². The highest BCUT2D eigenvalue weighted by Crippen LogP contribution is 2.40. The molecule has 2 aliphatic rings. The van der Waals surface area contributed by atoms with Crippen molar-refractivity contribution < 1.29 is 17.9 Å². The topological polar surface area (TPSA) is 79.8 Å². The second-order valence-corrected chi connectivity index (χ2v) is 10.5. The Hall–Kier alpha value is -2.03. The lowest BCUT2D eigenvalue weighted by molar-refractivity contribution is -0.138. The van der Waals surface area contributed by atoms with E-state index in [1.807, 2.05) is 12.1 Å². The van der Waals surface area contributed by atoms with Crippen molar-refractivity contribution in [1.82, 2.24) is 14.2 Å². The number of sulfonamides is 1. The van der Waals surface area contributed by atoms with E-state index in [9.17, 15) is 13.2 Å². The summed E-state index contributed by atoms with van der Waals surface area (Å²) in [5, 5.41) is 0.816. The summed E-state index contributed by atoms with van der Waals surface area (Å²) in [6.07, 6.45) is 5.15. The number of amides is 1. The molecule has 0 aliphatic carbocycles. The summed E-state index contributed by atoms with van der Waals surface area (Å²) in [5.41, 5.74) is 0.190. The van der Waals surface area contributed by atoms with Crippen LogP contribution in [0.4, 0.5) is 0 Å². The average molecular weight is 432 g/mol. The molecule has 8 heteroatoms. The second-order valence-electron chi connectivity index (χ2n) is 8.62. The van der Waals surface area contributed by atoms with Gasteiger partial charge in [-0.25, -0.2) is 8.42 Å². The molecule has 4 rings (SSSR count). The van der Waals surface area contributed by atoms with E-state index in [4.69, 9.17) is 4.74 Å². The number of nitrogens with zero attached hydrogens (tertiary/aromatic N) is 3. The van der Waals surface area contributed by atoms with Gasteiger partial charge in [-0.05, 0) is 43.7 Å². The van der Waals surface area contributed by atoms with Gasteiger partial charge in [-0.15, -0.1) is 0 Å². The van der Waals surface area contributed by atoms with Crippen molar-refractivity contribution in [1.29, 1.82) is 0 Å². The number of hydrogen-bond acceptors (Lipinski definition) is 5. The number of carbonyl (C=O) groups excluding carboxylic acids is 1. The van der Waals surface area contributed by atoms with Crippen molar-refractivity contribution in [3.8, 4) is 0 Å². The summed E-state index contributed by atoms with van der Waals surface area (Å²) in [4.78, 5) is 18.3. The zero-order chi connectivity index (χ0) is 21.4. The molecule has 2 aliphatic heterocycles. The molecule has 1 unspecified atom stereocenters. The molecular weight excluding hydrogens is 402 g/mol. The van der Waals surface area contributed by atoms with Gasteiger partial charge in [0.15, 0.2) is 0 Å². The fourth-order valence-electron chi connectivity index (χ4n) is 4.64. The number of piperidine rings is 1. The van der Waals surface area contributed by atoms with Crippen molar-refractivity contribution in [3.05, 3.63) is 36.5 Å². The van der Waals surface area contributed by atoms with Crippen LogP contribution in [0.15, 0.2) is 41.4 Å². The number of carbonyl (C=O) groups is 1. The first-order valence-corrected chi connectivity index (χ1v) is 11.9. The van der Waals surface area contributed by atoms with E-state index in [-0.39, 0.29) is 16.4 Å². The van der Waals surface area contributed by atoms with Crippen LogP contribution in [-0.2, 0) is 19.6 Å². The number of fused-ring (bicyclic) bond motifs is 1. The van der Waals surface area contributed by atoms with E-state index in [1.54, 1.807) is 47.7 Å². The maximum atomic E-state index is 13.4. The predicted octanol–water partition coefficient (Wildman–Crippen LogP) is 2.66. The van der Waals surface area contributed by atoms with Gasteiger partial charge in [0, 0.05) is 51.8 Å². The van der Waals surface area contributed by atoms with Gasteiger partial charge in [-0.3, -0.25) is 9.78 Å². The normalized spacial score (nSPS) is 22.3. The minimum absolute atomic E-state index is 0.139. The van der Waals surface area contributed by atoms with Crippen LogP contribution >= 0.6 is 0 Å². The Bertz CT molecular complexity index is 1020. The SMILES string of the molecule is CN(C)C(=O)CC1CCOC2(CCN(S(=O)(=O)c3cccc4cccnc34)CC2)C1. The minimum Gasteiger partial charge on any atom is -0.375 e.